The maximum absolute atomic E-state index is 12.9. The number of carbonyl (C=O) groups excluding carboxylic acids is 4. The summed E-state index contributed by atoms with van der Waals surface area (Å²) in [5.41, 5.74) is -2.03. The van der Waals surface area contributed by atoms with E-state index in [2.05, 4.69) is 16.0 Å². The molecule has 0 saturated carbocycles. The van der Waals surface area contributed by atoms with Crippen LogP contribution in [0.15, 0.2) is 0 Å². The Bertz CT molecular complexity index is 631. The fraction of sp³-hybridized carbons (Fsp3) is 0.810. The van der Waals surface area contributed by atoms with Crippen LogP contribution in [-0.4, -0.2) is 66.2 Å². The minimum Gasteiger partial charge on any atom is -0.467 e. The van der Waals surface area contributed by atoms with Crippen molar-refractivity contribution in [3.63, 3.8) is 0 Å². The highest BCUT2D eigenvalue weighted by atomic mass is 32.2. The number of hydrogen-bond acceptors (Lipinski definition) is 7. The van der Waals surface area contributed by atoms with Gasteiger partial charge in [-0.2, -0.15) is 11.8 Å². The molecule has 3 amide bonds. The number of ether oxygens (including phenoxy) is 2. The van der Waals surface area contributed by atoms with Crippen molar-refractivity contribution in [2.24, 2.45) is 5.92 Å². The molecule has 31 heavy (non-hydrogen) atoms. The maximum Gasteiger partial charge on any atom is 0.408 e. The topological polar surface area (TPSA) is 123 Å². The molecule has 0 bridgehead atoms. The summed E-state index contributed by atoms with van der Waals surface area (Å²) in [5, 5.41) is 7.90. The molecule has 0 aromatic carbocycles. The van der Waals surface area contributed by atoms with E-state index in [1.807, 2.05) is 20.1 Å². The van der Waals surface area contributed by atoms with Gasteiger partial charge in [-0.05, 0) is 65.4 Å². The molecule has 9 nitrogen and oxygen atoms in total. The van der Waals surface area contributed by atoms with Crippen molar-refractivity contribution < 1.29 is 28.7 Å². The molecule has 0 aromatic rings. The first kappa shape index (κ1) is 29.0. The first-order valence-electron chi connectivity index (χ1n) is 10.3. The van der Waals surface area contributed by atoms with Gasteiger partial charge in [0, 0.05) is 0 Å². The maximum atomic E-state index is 12.9. The van der Waals surface area contributed by atoms with E-state index in [0.29, 0.717) is 18.6 Å². The zero-order valence-corrected chi connectivity index (χ0v) is 21.0. The third-order valence-corrected chi connectivity index (χ3v) is 4.77. The van der Waals surface area contributed by atoms with Crippen LogP contribution in [0.25, 0.3) is 0 Å². The van der Waals surface area contributed by atoms with E-state index in [9.17, 15) is 19.2 Å². The van der Waals surface area contributed by atoms with Crippen LogP contribution < -0.4 is 16.0 Å². The lowest BCUT2D eigenvalue weighted by Crippen LogP contribution is -2.60. The minimum absolute atomic E-state index is 0.0979. The van der Waals surface area contributed by atoms with Gasteiger partial charge < -0.3 is 25.4 Å². The van der Waals surface area contributed by atoms with E-state index in [1.165, 1.54) is 21.0 Å². The van der Waals surface area contributed by atoms with Gasteiger partial charge in [-0.3, -0.25) is 9.59 Å². The Balaban J connectivity index is 5.32. The number of rotatable bonds is 11. The van der Waals surface area contributed by atoms with Crippen LogP contribution in [0.4, 0.5) is 4.79 Å². The first-order valence-corrected chi connectivity index (χ1v) is 11.7. The Labute approximate surface area is 190 Å². The molecule has 0 aliphatic heterocycles. The third-order valence-electron chi connectivity index (χ3n) is 4.12. The van der Waals surface area contributed by atoms with Gasteiger partial charge in [0.05, 0.1) is 7.11 Å². The van der Waals surface area contributed by atoms with Crippen molar-refractivity contribution in [1.82, 2.24) is 16.0 Å². The van der Waals surface area contributed by atoms with E-state index < -0.39 is 47.1 Å². The number of alkyl carbamates (subject to hydrolysis) is 1. The van der Waals surface area contributed by atoms with Crippen molar-refractivity contribution >= 4 is 35.6 Å². The average molecular weight is 462 g/mol. The number of methoxy groups -OCH3 is 1. The summed E-state index contributed by atoms with van der Waals surface area (Å²) in [4.78, 5) is 49.9. The zero-order valence-electron chi connectivity index (χ0n) is 20.2. The lowest BCUT2D eigenvalue weighted by atomic mass is 9.99. The summed E-state index contributed by atoms with van der Waals surface area (Å²) in [6, 6.07) is -1.68. The highest BCUT2D eigenvalue weighted by molar-refractivity contribution is 7.98. The Hall–Kier alpha value is -1.97. The van der Waals surface area contributed by atoms with Crippen molar-refractivity contribution in [1.29, 1.82) is 0 Å². The lowest BCUT2D eigenvalue weighted by molar-refractivity contribution is -0.145. The molecule has 10 heteroatoms. The molecule has 0 heterocycles. The number of hydrogen-bond donors (Lipinski definition) is 3. The van der Waals surface area contributed by atoms with Crippen molar-refractivity contribution in [2.45, 2.75) is 84.5 Å². The highest BCUT2D eigenvalue weighted by Crippen LogP contribution is 2.12. The van der Waals surface area contributed by atoms with Crippen LogP contribution in [-0.2, 0) is 23.9 Å². The van der Waals surface area contributed by atoms with Gasteiger partial charge in [-0.1, -0.05) is 13.8 Å². The van der Waals surface area contributed by atoms with Crippen LogP contribution >= 0.6 is 11.8 Å². The number of amides is 3. The summed E-state index contributed by atoms with van der Waals surface area (Å²) >= 11 is 1.55. The number of nitrogens with one attached hydrogen (secondary N) is 3. The number of carbonyl (C=O) groups is 4. The summed E-state index contributed by atoms with van der Waals surface area (Å²) in [6.45, 7) is 12.0. The van der Waals surface area contributed by atoms with Crippen molar-refractivity contribution in [3.05, 3.63) is 0 Å². The fourth-order valence-electron chi connectivity index (χ4n) is 2.56. The SMILES string of the molecule is COC(=O)C(CCSC)NC(=O)C(CC(C)C)NC(=O)C(C)(C)NC(=O)OC(C)(C)C. The van der Waals surface area contributed by atoms with Gasteiger partial charge in [0.2, 0.25) is 11.8 Å². The van der Waals surface area contributed by atoms with E-state index in [4.69, 9.17) is 9.47 Å². The van der Waals surface area contributed by atoms with Crippen LogP contribution in [0, 0.1) is 5.92 Å². The second-order valence-corrected chi connectivity index (χ2v) is 10.3. The predicted molar refractivity (Wildman–Crippen MR) is 122 cm³/mol. The smallest absolute Gasteiger partial charge is 0.408 e. The van der Waals surface area contributed by atoms with Gasteiger partial charge in [0.25, 0.3) is 0 Å². The number of esters is 1. The van der Waals surface area contributed by atoms with Crippen molar-refractivity contribution in [2.75, 3.05) is 19.1 Å². The van der Waals surface area contributed by atoms with E-state index in [0.717, 1.165) is 0 Å². The molecular weight excluding hydrogens is 422 g/mol. The lowest BCUT2D eigenvalue weighted by Gasteiger charge is -2.30. The standard InChI is InChI=1S/C21H39N3O6S/c1-13(2)12-15(16(25)22-14(10-11-31-9)17(26)29-8)23-18(27)21(6,7)24-19(28)30-20(3,4)5/h13-15H,10-12H2,1-9H3,(H,22,25)(H,23,27)(H,24,28). The van der Waals surface area contributed by atoms with Gasteiger partial charge >= 0.3 is 12.1 Å². The second kappa shape index (κ2) is 12.8. The second-order valence-electron chi connectivity index (χ2n) is 9.27. The van der Waals surface area contributed by atoms with Gasteiger partial charge in [0.1, 0.15) is 23.2 Å². The molecule has 0 aliphatic rings. The largest absolute Gasteiger partial charge is 0.467 e. The average Bonchev–Trinajstić information content (AvgIpc) is 2.60. The molecule has 0 radical (unpaired) electrons. The van der Waals surface area contributed by atoms with Crippen LogP contribution in [0.1, 0.15) is 61.3 Å². The van der Waals surface area contributed by atoms with Gasteiger partial charge in [-0.15, -0.1) is 0 Å². The molecular formula is C21H39N3O6S. The summed E-state index contributed by atoms with van der Waals surface area (Å²) in [7, 11) is 1.26. The highest BCUT2D eigenvalue weighted by Gasteiger charge is 2.35. The summed E-state index contributed by atoms with van der Waals surface area (Å²) < 4.78 is 9.99. The molecule has 0 aromatic heterocycles. The van der Waals surface area contributed by atoms with Crippen LogP contribution in [0.3, 0.4) is 0 Å². The van der Waals surface area contributed by atoms with Crippen LogP contribution in [0.5, 0.6) is 0 Å². The molecule has 3 N–H and O–H groups in total. The predicted octanol–water partition coefficient (Wildman–Crippen LogP) is 2.23. The Morgan fingerprint density at radius 1 is 0.968 bits per heavy atom. The van der Waals surface area contributed by atoms with Gasteiger partial charge in [-0.25, -0.2) is 9.59 Å². The van der Waals surface area contributed by atoms with E-state index >= 15 is 0 Å². The number of thioether (sulfide) groups is 1. The fourth-order valence-corrected chi connectivity index (χ4v) is 3.03. The monoisotopic (exact) mass is 461 g/mol. The quantitative estimate of drug-likeness (QED) is 0.403. The summed E-state index contributed by atoms with van der Waals surface area (Å²) in [5.74, 6) is -0.803. The molecule has 0 spiro atoms. The molecule has 180 valence electrons. The van der Waals surface area contributed by atoms with Gasteiger partial charge in [0.15, 0.2) is 0 Å². The van der Waals surface area contributed by atoms with E-state index in [-0.39, 0.29) is 5.92 Å². The molecule has 0 fully saturated rings. The molecule has 2 atom stereocenters. The first-order chi connectivity index (χ1) is 14.1. The van der Waals surface area contributed by atoms with Crippen LogP contribution in [0.2, 0.25) is 0 Å². The van der Waals surface area contributed by atoms with E-state index in [1.54, 1.807) is 32.5 Å². The summed E-state index contributed by atoms with van der Waals surface area (Å²) in [6.07, 6.45) is 1.93. The molecule has 2 unspecified atom stereocenters. The zero-order chi connectivity index (χ0) is 24.4. The van der Waals surface area contributed by atoms with Crippen molar-refractivity contribution in [3.8, 4) is 0 Å². The molecule has 0 aliphatic carbocycles. The normalized spacial score (nSPS) is 13.7. The Kier molecular flexibility index (Phi) is 12.0. The minimum atomic E-state index is -1.32. The Morgan fingerprint density at radius 2 is 1.55 bits per heavy atom. The third kappa shape index (κ3) is 11.9. The molecule has 0 saturated heterocycles. The molecule has 0 rings (SSSR count). The Morgan fingerprint density at radius 3 is 2.00 bits per heavy atom.